The first-order chi connectivity index (χ1) is 9.43. The second-order valence-corrected chi connectivity index (χ2v) is 5.72. The second kappa shape index (κ2) is 5.64. The van der Waals surface area contributed by atoms with E-state index in [-0.39, 0.29) is 11.2 Å². The van der Waals surface area contributed by atoms with Gasteiger partial charge in [0.2, 0.25) is 0 Å². The summed E-state index contributed by atoms with van der Waals surface area (Å²) < 4.78 is 4.44. The Bertz CT molecular complexity index is 721. The van der Waals surface area contributed by atoms with E-state index in [1.165, 1.54) is 9.13 Å². The molecule has 0 N–H and O–H groups in total. The third-order valence-corrected chi connectivity index (χ3v) is 3.61. The van der Waals surface area contributed by atoms with Gasteiger partial charge in [0.1, 0.15) is 0 Å². The molecule has 6 heteroatoms. The third kappa shape index (κ3) is 2.55. The van der Waals surface area contributed by atoms with Gasteiger partial charge in [-0.25, -0.2) is 9.78 Å². The van der Waals surface area contributed by atoms with E-state index in [1.807, 2.05) is 0 Å². The number of hydrogen-bond donors (Lipinski definition) is 0. The third-order valence-electron chi connectivity index (χ3n) is 3.61. The van der Waals surface area contributed by atoms with Crippen LogP contribution in [-0.2, 0) is 20.6 Å². The van der Waals surface area contributed by atoms with E-state index in [0.29, 0.717) is 23.6 Å². The zero-order valence-corrected chi connectivity index (χ0v) is 12.6. The predicted octanol–water partition coefficient (Wildman–Crippen LogP) is 1.26. The summed E-state index contributed by atoms with van der Waals surface area (Å²) in [6.45, 7) is 4.82. The van der Waals surface area contributed by atoms with Crippen LogP contribution < -0.4 is 11.2 Å². The highest BCUT2D eigenvalue weighted by Gasteiger charge is 2.14. The molecule has 2 rings (SSSR count). The summed E-state index contributed by atoms with van der Waals surface area (Å²) in [4.78, 5) is 28.7. The summed E-state index contributed by atoms with van der Waals surface area (Å²) in [5, 5.41) is 0. The van der Waals surface area contributed by atoms with Gasteiger partial charge in [-0.2, -0.15) is 0 Å². The van der Waals surface area contributed by atoms with Crippen LogP contribution in [0, 0.1) is 5.92 Å². The minimum Gasteiger partial charge on any atom is -0.328 e. The molecule has 6 nitrogen and oxygen atoms in total. The number of aromatic nitrogens is 4. The molecule has 0 amide bonds. The molecule has 0 radical (unpaired) electrons. The molecule has 0 saturated heterocycles. The Morgan fingerprint density at radius 1 is 1.20 bits per heavy atom. The van der Waals surface area contributed by atoms with Gasteiger partial charge < -0.3 is 4.57 Å². The van der Waals surface area contributed by atoms with Crippen molar-refractivity contribution in [1.82, 2.24) is 18.7 Å². The Kier molecular flexibility index (Phi) is 4.11. The van der Waals surface area contributed by atoms with Gasteiger partial charge in [-0.15, -0.1) is 0 Å². The fourth-order valence-corrected chi connectivity index (χ4v) is 2.42. The largest absolute Gasteiger partial charge is 0.332 e. The van der Waals surface area contributed by atoms with Crippen LogP contribution in [0.2, 0.25) is 0 Å². The summed E-state index contributed by atoms with van der Waals surface area (Å²) in [5.41, 5.74) is 0.398. The number of imidazole rings is 1. The molecule has 0 aliphatic carbocycles. The van der Waals surface area contributed by atoms with E-state index in [4.69, 9.17) is 0 Å². The first-order valence-corrected chi connectivity index (χ1v) is 7.04. The van der Waals surface area contributed by atoms with Crippen molar-refractivity contribution in [1.29, 1.82) is 0 Å². The average Bonchev–Trinajstić information content (AvgIpc) is 2.77. The topological polar surface area (TPSA) is 61.8 Å². The molecule has 20 heavy (non-hydrogen) atoms. The summed E-state index contributed by atoms with van der Waals surface area (Å²) in [7, 11) is 3.42. The number of unbranched alkanes of at least 4 members (excludes halogenated alkanes) is 1. The molecule has 2 aromatic rings. The van der Waals surface area contributed by atoms with Gasteiger partial charge in [0, 0.05) is 20.6 Å². The molecule has 2 heterocycles. The van der Waals surface area contributed by atoms with Gasteiger partial charge in [0.05, 0.1) is 6.33 Å². The molecule has 0 aliphatic heterocycles. The molecule has 0 saturated carbocycles. The molecular weight excluding hydrogens is 256 g/mol. The van der Waals surface area contributed by atoms with Gasteiger partial charge in [-0.1, -0.05) is 26.7 Å². The Morgan fingerprint density at radius 3 is 2.55 bits per heavy atom. The molecule has 0 fully saturated rings. The summed E-state index contributed by atoms with van der Waals surface area (Å²) in [5.74, 6) is 0.647. The van der Waals surface area contributed by atoms with Crippen LogP contribution in [0.1, 0.15) is 33.1 Å². The lowest BCUT2D eigenvalue weighted by atomic mass is 10.1. The van der Waals surface area contributed by atoms with Crippen molar-refractivity contribution in [2.45, 2.75) is 39.7 Å². The lowest BCUT2D eigenvalue weighted by Crippen LogP contribution is -2.39. The number of nitrogens with zero attached hydrogens (tertiary/aromatic N) is 4. The van der Waals surface area contributed by atoms with Crippen molar-refractivity contribution >= 4 is 11.2 Å². The van der Waals surface area contributed by atoms with Crippen LogP contribution in [0.25, 0.3) is 11.2 Å². The van der Waals surface area contributed by atoms with Gasteiger partial charge in [0.15, 0.2) is 11.2 Å². The minimum absolute atomic E-state index is 0.243. The quantitative estimate of drug-likeness (QED) is 0.774. The molecule has 0 bridgehead atoms. The first kappa shape index (κ1) is 14.6. The second-order valence-electron chi connectivity index (χ2n) is 5.72. The van der Waals surface area contributed by atoms with Crippen molar-refractivity contribution in [3.8, 4) is 0 Å². The van der Waals surface area contributed by atoms with Crippen molar-refractivity contribution in [3.05, 3.63) is 27.2 Å². The Morgan fingerprint density at radius 2 is 1.90 bits per heavy atom. The summed E-state index contributed by atoms with van der Waals surface area (Å²) >= 11 is 0. The van der Waals surface area contributed by atoms with Gasteiger partial charge in [-0.3, -0.25) is 13.9 Å². The highest BCUT2D eigenvalue weighted by Crippen LogP contribution is 2.07. The standard InChI is InChI=1S/C14H22N4O2/c1-10(2)7-5-6-8-18-13(19)11-12(15-9-16(11)3)17(4)14(18)20/h9-10H,5-8H2,1-4H3. The molecule has 0 aromatic carbocycles. The van der Waals surface area contributed by atoms with Crippen LogP contribution >= 0.6 is 0 Å². The predicted molar refractivity (Wildman–Crippen MR) is 78.9 cm³/mol. The molecule has 0 atom stereocenters. The van der Waals surface area contributed by atoms with Crippen molar-refractivity contribution in [2.24, 2.45) is 20.0 Å². The maximum Gasteiger partial charge on any atom is 0.332 e. The van der Waals surface area contributed by atoms with Crippen molar-refractivity contribution in [2.75, 3.05) is 0 Å². The van der Waals surface area contributed by atoms with Crippen LogP contribution in [0.4, 0.5) is 0 Å². The fourth-order valence-electron chi connectivity index (χ4n) is 2.42. The average molecular weight is 278 g/mol. The number of aryl methyl sites for hydroxylation is 2. The SMILES string of the molecule is CC(C)CCCCn1c(=O)c2c(ncn2C)n(C)c1=O. The van der Waals surface area contributed by atoms with Crippen LogP contribution in [0.5, 0.6) is 0 Å². The van der Waals surface area contributed by atoms with Crippen LogP contribution in [0.3, 0.4) is 0 Å². The zero-order chi connectivity index (χ0) is 14.9. The molecule has 2 aromatic heterocycles. The van der Waals surface area contributed by atoms with E-state index in [9.17, 15) is 9.59 Å². The molecular formula is C14H22N4O2. The molecule has 0 unspecified atom stereocenters. The maximum absolute atomic E-state index is 12.4. The summed E-state index contributed by atoms with van der Waals surface area (Å²) in [6.07, 6.45) is 4.55. The van der Waals surface area contributed by atoms with Crippen molar-refractivity contribution in [3.63, 3.8) is 0 Å². The van der Waals surface area contributed by atoms with Crippen LogP contribution in [0.15, 0.2) is 15.9 Å². The Labute approximate surface area is 117 Å². The highest BCUT2D eigenvalue weighted by molar-refractivity contribution is 5.69. The fraction of sp³-hybridized carbons (Fsp3) is 0.643. The van der Waals surface area contributed by atoms with E-state index in [1.54, 1.807) is 25.0 Å². The molecule has 0 aliphatic rings. The number of hydrogen-bond acceptors (Lipinski definition) is 3. The maximum atomic E-state index is 12.4. The van der Waals surface area contributed by atoms with Gasteiger partial charge >= 0.3 is 5.69 Å². The van der Waals surface area contributed by atoms with Gasteiger partial charge in [-0.05, 0) is 12.3 Å². The minimum atomic E-state index is -0.286. The van der Waals surface area contributed by atoms with Gasteiger partial charge in [0.25, 0.3) is 5.56 Å². The summed E-state index contributed by atoms with van der Waals surface area (Å²) in [6, 6.07) is 0. The molecule has 0 spiro atoms. The number of rotatable bonds is 5. The van der Waals surface area contributed by atoms with Crippen molar-refractivity contribution < 1.29 is 0 Å². The molecule has 110 valence electrons. The monoisotopic (exact) mass is 278 g/mol. The highest BCUT2D eigenvalue weighted by atomic mass is 16.2. The van der Waals surface area contributed by atoms with E-state index < -0.39 is 0 Å². The number of fused-ring (bicyclic) bond motifs is 1. The zero-order valence-electron chi connectivity index (χ0n) is 12.6. The van der Waals surface area contributed by atoms with E-state index in [2.05, 4.69) is 18.8 Å². The smallest absolute Gasteiger partial charge is 0.328 e. The first-order valence-electron chi connectivity index (χ1n) is 7.04. The normalized spacial score (nSPS) is 11.7. The lowest BCUT2D eigenvalue weighted by Gasteiger charge is -2.09. The van der Waals surface area contributed by atoms with E-state index >= 15 is 0 Å². The van der Waals surface area contributed by atoms with E-state index in [0.717, 1.165) is 19.3 Å². The Hall–Kier alpha value is -1.85. The Balaban J connectivity index is 2.36. The lowest BCUT2D eigenvalue weighted by molar-refractivity contribution is 0.492. The van der Waals surface area contributed by atoms with Crippen LogP contribution in [-0.4, -0.2) is 18.7 Å².